The zero-order valence-electron chi connectivity index (χ0n) is 11.8. The van der Waals surface area contributed by atoms with Gasteiger partial charge in [0.25, 0.3) is 0 Å². The minimum atomic E-state index is -0.476. The average molecular weight is 298 g/mol. The van der Waals surface area contributed by atoms with Crippen LogP contribution in [-0.2, 0) is 27.8 Å². The molecule has 0 aromatic heterocycles. The maximum Gasteiger partial charge on any atom is 0.178 e. The molecule has 0 atom stereocenters. The van der Waals surface area contributed by atoms with Crippen molar-refractivity contribution in [3.63, 3.8) is 0 Å². The Morgan fingerprint density at radius 3 is 1.28 bits per heavy atom. The Labute approximate surface area is 114 Å². The molecular weight excluding hydrogens is 272 g/mol. The Balaban J connectivity index is 3.21. The summed E-state index contributed by atoms with van der Waals surface area (Å²) < 4.78 is 31.2. The summed E-state index contributed by atoms with van der Waals surface area (Å²) in [4.78, 5) is 0. The van der Waals surface area contributed by atoms with Gasteiger partial charge in [-0.3, -0.25) is 0 Å². The first-order chi connectivity index (χ1) is 8.78. The van der Waals surface area contributed by atoms with Gasteiger partial charge in [0, 0.05) is 28.4 Å². The van der Waals surface area contributed by atoms with Crippen LogP contribution in [0.15, 0.2) is 0 Å². The quantitative estimate of drug-likeness (QED) is 0.254. The van der Waals surface area contributed by atoms with Crippen LogP contribution in [0.3, 0.4) is 0 Å². The van der Waals surface area contributed by atoms with E-state index >= 15 is 0 Å². The summed E-state index contributed by atoms with van der Waals surface area (Å²) in [6, 6.07) is 2.27. The van der Waals surface area contributed by atoms with Crippen molar-refractivity contribution in [2.45, 2.75) is 24.7 Å². The van der Waals surface area contributed by atoms with Crippen LogP contribution < -0.4 is 0 Å². The Bertz CT molecular complexity index is 148. The fraction of sp³-hybridized carbons (Fsp3) is 1.00. The topological polar surface area (TPSA) is 55.4 Å². The molecule has 0 amide bonds. The van der Waals surface area contributed by atoms with E-state index in [1.807, 2.05) is 0 Å². The lowest BCUT2D eigenvalue weighted by Gasteiger charge is -2.14. The summed E-state index contributed by atoms with van der Waals surface area (Å²) in [5.74, 6) is 0. The third-order valence-electron chi connectivity index (χ3n) is 2.39. The molecule has 0 saturated carbocycles. The van der Waals surface area contributed by atoms with Crippen molar-refractivity contribution < 1.29 is 27.8 Å². The molecule has 0 rings (SSSR count). The van der Waals surface area contributed by atoms with Crippen LogP contribution in [0.25, 0.3) is 0 Å². The Morgan fingerprint density at radius 1 is 0.667 bits per heavy atom. The van der Waals surface area contributed by atoms with Crippen molar-refractivity contribution >= 4 is 19.5 Å². The first-order valence-corrected chi connectivity index (χ1v) is 9.20. The van der Waals surface area contributed by atoms with Gasteiger partial charge in [0.15, 0.2) is 32.1 Å². The van der Waals surface area contributed by atoms with E-state index in [1.165, 1.54) is 0 Å². The highest BCUT2D eigenvalue weighted by Crippen LogP contribution is 1.96. The summed E-state index contributed by atoms with van der Waals surface area (Å²) in [6.07, 6.45) is -0.481. The van der Waals surface area contributed by atoms with Crippen molar-refractivity contribution in [1.82, 2.24) is 0 Å². The van der Waals surface area contributed by atoms with E-state index in [-0.39, 0.29) is 12.6 Å². The molecule has 0 aliphatic rings. The standard InChI is InChI=1S/C10H26O6Si2/c1-11-9(12-2)7-15-17-5-6-18-16-8-10(13-3)14-4/h9-10H,5-8,17-18H2,1-4H3. The van der Waals surface area contributed by atoms with Gasteiger partial charge in [-0.15, -0.1) is 0 Å². The van der Waals surface area contributed by atoms with Crippen LogP contribution in [0, 0.1) is 0 Å². The third kappa shape index (κ3) is 10.1. The second kappa shape index (κ2) is 13.6. The van der Waals surface area contributed by atoms with Crippen LogP contribution in [0.5, 0.6) is 0 Å². The molecule has 0 aromatic rings. The summed E-state index contributed by atoms with van der Waals surface area (Å²) >= 11 is 0. The van der Waals surface area contributed by atoms with E-state index in [4.69, 9.17) is 27.8 Å². The predicted octanol–water partition coefficient (Wildman–Crippen LogP) is -0.738. The van der Waals surface area contributed by atoms with Gasteiger partial charge in [-0.2, -0.15) is 0 Å². The molecule has 0 spiro atoms. The molecule has 0 bridgehead atoms. The van der Waals surface area contributed by atoms with Gasteiger partial charge in [-0.05, 0) is 12.1 Å². The predicted molar refractivity (Wildman–Crippen MR) is 74.2 cm³/mol. The van der Waals surface area contributed by atoms with Crippen molar-refractivity contribution in [2.75, 3.05) is 41.7 Å². The van der Waals surface area contributed by atoms with E-state index in [0.717, 1.165) is 12.1 Å². The monoisotopic (exact) mass is 298 g/mol. The summed E-state index contributed by atoms with van der Waals surface area (Å²) in [6.45, 7) is 1.05. The summed E-state index contributed by atoms with van der Waals surface area (Å²) in [7, 11) is 5.50. The van der Waals surface area contributed by atoms with E-state index in [2.05, 4.69) is 0 Å². The number of hydrogen-bond donors (Lipinski definition) is 0. The molecule has 6 nitrogen and oxygen atoms in total. The van der Waals surface area contributed by atoms with Crippen LogP contribution in [0.4, 0.5) is 0 Å². The SMILES string of the molecule is COC(CO[SiH2]CC[SiH2]OCC(OC)OC)OC. The van der Waals surface area contributed by atoms with Crippen molar-refractivity contribution in [3.05, 3.63) is 0 Å². The summed E-state index contributed by atoms with van der Waals surface area (Å²) in [5, 5.41) is 0. The summed E-state index contributed by atoms with van der Waals surface area (Å²) in [5.41, 5.74) is 0. The molecule has 0 aromatic carbocycles. The highest BCUT2D eigenvalue weighted by Gasteiger charge is 2.05. The number of methoxy groups -OCH3 is 4. The van der Waals surface area contributed by atoms with E-state index < -0.39 is 19.5 Å². The second-order valence-electron chi connectivity index (χ2n) is 3.66. The highest BCUT2D eigenvalue weighted by molar-refractivity contribution is 6.34. The van der Waals surface area contributed by atoms with Gasteiger partial charge in [0.1, 0.15) is 0 Å². The minimum absolute atomic E-state index is 0.241. The fourth-order valence-corrected chi connectivity index (χ4v) is 3.99. The molecule has 8 heteroatoms. The van der Waals surface area contributed by atoms with Crippen molar-refractivity contribution in [3.8, 4) is 0 Å². The van der Waals surface area contributed by atoms with Crippen LogP contribution in [0.2, 0.25) is 12.1 Å². The molecule has 0 unspecified atom stereocenters. The Hall–Kier alpha value is 0.194. The van der Waals surface area contributed by atoms with Gasteiger partial charge < -0.3 is 27.8 Å². The average Bonchev–Trinajstić information content (AvgIpc) is 2.41. The maximum atomic E-state index is 5.55. The molecule has 0 saturated heterocycles. The highest BCUT2D eigenvalue weighted by atomic mass is 28.2. The van der Waals surface area contributed by atoms with E-state index in [1.54, 1.807) is 28.4 Å². The molecule has 0 heterocycles. The largest absolute Gasteiger partial charge is 0.419 e. The maximum absolute atomic E-state index is 5.55. The van der Waals surface area contributed by atoms with Gasteiger partial charge in [-0.25, -0.2) is 0 Å². The normalized spacial score (nSPS) is 13.0. The van der Waals surface area contributed by atoms with Gasteiger partial charge in [0.2, 0.25) is 0 Å². The fourth-order valence-electron chi connectivity index (χ4n) is 1.23. The number of rotatable bonds is 13. The zero-order chi connectivity index (χ0) is 13.6. The zero-order valence-corrected chi connectivity index (χ0v) is 14.7. The lowest BCUT2D eigenvalue weighted by atomic mass is 10.7. The van der Waals surface area contributed by atoms with E-state index in [9.17, 15) is 0 Å². The van der Waals surface area contributed by atoms with Crippen LogP contribution in [-0.4, -0.2) is 73.8 Å². The third-order valence-corrected chi connectivity index (χ3v) is 6.01. The first-order valence-electron chi connectivity index (χ1n) is 6.05. The second-order valence-corrected chi connectivity index (χ2v) is 6.71. The lowest BCUT2D eigenvalue weighted by Crippen LogP contribution is -2.22. The van der Waals surface area contributed by atoms with Crippen LogP contribution >= 0.6 is 0 Å². The van der Waals surface area contributed by atoms with Crippen LogP contribution in [0.1, 0.15) is 0 Å². The van der Waals surface area contributed by atoms with Gasteiger partial charge in [0.05, 0.1) is 13.2 Å². The lowest BCUT2D eigenvalue weighted by molar-refractivity contribution is -0.122. The number of hydrogen-bond acceptors (Lipinski definition) is 6. The molecule has 0 aliphatic heterocycles. The first kappa shape index (κ1) is 18.2. The Morgan fingerprint density at radius 2 is 1.00 bits per heavy atom. The molecule has 0 radical (unpaired) electrons. The Kier molecular flexibility index (Phi) is 13.8. The molecule has 18 heavy (non-hydrogen) atoms. The van der Waals surface area contributed by atoms with Crippen molar-refractivity contribution in [2.24, 2.45) is 0 Å². The minimum Gasteiger partial charge on any atom is -0.419 e. The van der Waals surface area contributed by atoms with E-state index in [0.29, 0.717) is 13.2 Å². The van der Waals surface area contributed by atoms with Gasteiger partial charge in [-0.1, -0.05) is 0 Å². The molecule has 0 fully saturated rings. The number of ether oxygens (including phenoxy) is 4. The molecule has 0 N–H and O–H groups in total. The van der Waals surface area contributed by atoms with Gasteiger partial charge >= 0.3 is 0 Å². The van der Waals surface area contributed by atoms with Crippen molar-refractivity contribution in [1.29, 1.82) is 0 Å². The molecular formula is C10H26O6Si2. The smallest absolute Gasteiger partial charge is 0.178 e. The molecule has 0 aliphatic carbocycles. The molecule has 110 valence electrons.